The number of carbonyl (C=O) groups excluding carboxylic acids is 1. The number of aromatic nitrogens is 3. The molecule has 0 fully saturated rings. The molecule has 1 aromatic heterocycles. The highest BCUT2D eigenvalue weighted by Crippen LogP contribution is 2.07. The Morgan fingerprint density at radius 1 is 1.53 bits per heavy atom. The Hall–Kier alpha value is -1.43. The van der Waals surface area contributed by atoms with Gasteiger partial charge in [0.15, 0.2) is 0 Å². The average molecular weight is 240 g/mol. The number of nitrogens with zero attached hydrogens (tertiary/aromatic N) is 2. The van der Waals surface area contributed by atoms with Gasteiger partial charge in [0.1, 0.15) is 5.82 Å². The van der Waals surface area contributed by atoms with Crippen LogP contribution >= 0.6 is 0 Å². The van der Waals surface area contributed by atoms with Crippen LogP contribution in [0.4, 0.5) is 0 Å². The van der Waals surface area contributed by atoms with Crippen LogP contribution in [0.1, 0.15) is 49.6 Å². The lowest BCUT2D eigenvalue weighted by Gasteiger charge is -2.02. The third-order valence-corrected chi connectivity index (χ3v) is 2.21. The Kier molecular flexibility index (Phi) is 5.62. The van der Waals surface area contributed by atoms with Gasteiger partial charge in [-0.1, -0.05) is 13.8 Å². The number of hydrogen-bond acceptors (Lipinski definition) is 4. The highest BCUT2D eigenvalue weighted by atomic mass is 16.5. The van der Waals surface area contributed by atoms with Gasteiger partial charge in [-0.05, 0) is 13.3 Å². The van der Waals surface area contributed by atoms with Crippen LogP contribution in [0.15, 0.2) is 0 Å². The first kappa shape index (κ1) is 13.6. The Morgan fingerprint density at radius 2 is 2.29 bits per heavy atom. The average Bonchev–Trinajstić information content (AvgIpc) is 2.78. The van der Waals surface area contributed by atoms with E-state index in [9.17, 15) is 4.79 Å². The quantitative estimate of drug-likeness (QED) is 0.699. The Balaban J connectivity index is 2.31. The molecule has 0 aliphatic heterocycles. The molecule has 0 unspecified atom stereocenters. The van der Waals surface area contributed by atoms with Gasteiger partial charge in [0.25, 0.3) is 5.91 Å². The van der Waals surface area contributed by atoms with Crippen molar-refractivity contribution in [3.05, 3.63) is 11.6 Å². The summed E-state index contributed by atoms with van der Waals surface area (Å²) in [5.74, 6) is 0.918. The van der Waals surface area contributed by atoms with Crippen molar-refractivity contribution in [1.82, 2.24) is 20.5 Å². The van der Waals surface area contributed by atoms with Crippen molar-refractivity contribution in [3.8, 4) is 0 Å². The normalized spacial score (nSPS) is 10.8. The van der Waals surface area contributed by atoms with Crippen molar-refractivity contribution in [1.29, 1.82) is 0 Å². The number of H-pyrrole nitrogens is 1. The molecule has 0 saturated carbocycles. The molecule has 17 heavy (non-hydrogen) atoms. The number of ether oxygens (including phenoxy) is 1. The van der Waals surface area contributed by atoms with Gasteiger partial charge in [-0.2, -0.15) is 0 Å². The van der Waals surface area contributed by atoms with Crippen LogP contribution in [0.3, 0.4) is 0 Å². The van der Waals surface area contributed by atoms with E-state index in [1.54, 1.807) is 0 Å². The van der Waals surface area contributed by atoms with E-state index in [2.05, 4.69) is 20.5 Å². The predicted octanol–water partition coefficient (Wildman–Crippen LogP) is 1.08. The lowest BCUT2D eigenvalue weighted by atomic mass is 10.2. The molecule has 0 radical (unpaired) electrons. The minimum Gasteiger partial charge on any atom is -0.382 e. The van der Waals surface area contributed by atoms with Crippen LogP contribution in [-0.4, -0.2) is 40.8 Å². The standard InChI is InChI=1S/C11H20N4O2/c1-4-17-7-5-6-12-11(16)10-13-9(8(2)3)14-15-10/h8H,4-7H2,1-3H3,(H,12,16)(H,13,14,15). The molecule has 1 aromatic rings. The van der Waals surface area contributed by atoms with Gasteiger partial charge in [0.2, 0.25) is 5.82 Å². The summed E-state index contributed by atoms with van der Waals surface area (Å²) in [7, 11) is 0. The lowest BCUT2D eigenvalue weighted by Crippen LogP contribution is -2.26. The molecular formula is C11H20N4O2. The molecule has 0 saturated heterocycles. The first-order valence-electron chi connectivity index (χ1n) is 5.93. The molecule has 0 aliphatic rings. The summed E-state index contributed by atoms with van der Waals surface area (Å²) in [4.78, 5) is 15.7. The number of nitrogens with one attached hydrogen (secondary N) is 2. The van der Waals surface area contributed by atoms with Crippen molar-refractivity contribution in [2.75, 3.05) is 19.8 Å². The van der Waals surface area contributed by atoms with E-state index in [0.717, 1.165) is 12.2 Å². The summed E-state index contributed by atoms with van der Waals surface area (Å²) in [6, 6.07) is 0. The minimum absolute atomic E-state index is 0.199. The predicted molar refractivity (Wildman–Crippen MR) is 63.9 cm³/mol. The first-order valence-corrected chi connectivity index (χ1v) is 5.93. The highest BCUT2D eigenvalue weighted by molar-refractivity contribution is 5.90. The lowest BCUT2D eigenvalue weighted by molar-refractivity contribution is 0.0934. The maximum Gasteiger partial charge on any atom is 0.290 e. The molecular weight excluding hydrogens is 220 g/mol. The monoisotopic (exact) mass is 240 g/mol. The largest absolute Gasteiger partial charge is 0.382 e. The van der Waals surface area contributed by atoms with Gasteiger partial charge in [-0.25, -0.2) is 4.98 Å². The highest BCUT2D eigenvalue weighted by Gasteiger charge is 2.13. The van der Waals surface area contributed by atoms with E-state index in [1.807, 2.05) is 20.8 Å². The third-order valence-electron chi connectivity index (χ3n) is 2.21. The fourth-order valence-corrected chi connectivity index (χ4v) is 1.23. The molecule has 0 spiro atoms. The molecule has 2 N–H and O–H groups in total. The molecule has 0 bridgehead atoms. The number of amides is 1. The van der Waals surface area contributed by atoms with Gasteiger partial charge in [-0.15, -0.1) is 5.10 Å². The molecule has 96 valence electrons. The Labute approximate surface area is 101 Å². The minimum atomic E-state index is -0.246. The summed E-state index contributed by atoms with van der Waals surface area (Å²) in [5, 5.41) is 9.37. The van der Waals surface area contributed by atoms with E-state index in [4.69, 9.17) is 4.74 Å². The van der Waals surface area contributed by atoms with Crippen LogP contribution < -0.4 is 5.32 Å². The fourth-order valence-electron chi connectivity index (χ4n) is 1.23. The zero-order valence-corrected chi connectivity index (χ0v) is 10.6. The van der Waals surface area contributed by atoms with Crippen LogP contribution in [0.25, 0.3) is 0 Å². The van der Waals surface area contributed by atoms with Crippen LogP contribution in [0, 0.1) is 0 Å². The van der Waals surface area contributed by atoms with Crippen molar-refractivity contribution >= 4 is 5.91 Å². The maximum atomic E-state index is 11.6. The second-order valence-corrected chi connectivity index (χ2v) is 4.01. The van der Waals surface area contributed by atoms with E-state index >= 15 is 0 Å². The van der Waals surface area contributed by atoms with Crippen molar-refractivity contribution in [2.45, 2.75) is 33.1 Å². The molecule has 1 rings (SSSR count). The van der Waals surface area contributed by atoms with Gasteiger partial charge >= 0.3 is 0 Å². The van der Waals surface area contributed by atoms with Gasteiger partial charge in [0.05, 0.1) is 0 Å². The van der Waals surface area contributed by atoms with Crippen molar-refractivity contribution < 1.29 is 9.53 Å². The molecule has 6 nitrogen and oxygen atoms in total. The van der Waals surface area contributed by atoms with Crippen molar-refractivity contribution in [3.63, 3.8) is 0 Å². The maximum absolute atomic E-state index is 11.6. The second kappa shape index (κ2) is 7.01. The van der Waals surface area contributed by atoms with Crippen LogP contribution in [0.2, 0.25) is 0 Å². The first-order chi connectivity index (χ1) is 8.15. The number of hydrogen-bond donors (Lipinski definition) is 2. The van der Waals surface area contributed by atoms with E-state index in [1.165, 1.54) is 0 Å². The zero-order chi connectivity index (χ0) is 12.7. The van der Waals surface area contributed by atoms with Gasteiger partial charge < -0.3 is 10.1 Å². The van der Waals surface area contributed by atoms with E-state index in [-0.39, 0.29) is 17.6 Å². The summed E-state index contributed by atoms with van der Waals surface area (Å²) >= 11 is 0. The van der Waals surface area contributed by atoms with Gasteiger partial charge in [-0.3, -0.25) is 9.89 Å². The van der Waals surface area contributed by atoms with Crippen LogP contribution in [-0.2, 0) is 4.74 Å². The molecule has 0 aromatic carbocycles. The van der Waals surface area contributed by atoms with Gasteiger partial charge in [0, 0.05) is 25.7 Å². The number of carbonyl (C=O) groups is 1. The SMILES string of the molecule is CCOCCCNC(=O)c1n[nH]c(C(C)C)n1. The molecule has 0 atom stereocenters. The Morgan fingerprint density at radius 3 is 2.88 bits per heavy atom. The van der Waals surface area contributed by atoms with E-state index < -0.39 is 0 Å². The second-order valence-electron chi connectivity index (χ2n) is 4.01. The summed E-state index contributed by atoms with van der Waals surface area (Å²) < 4.78 is 5.17. The smallest absolute Gasteiger partial charge is 0.290 e. The number of aromatic amines is 1. The third kappa shape index (κ3) is 4.52. The summed E-state index contributed by atoms with van der Waals surface area (Å²) in [6.45, 7) is 7.85. The van der Waals surface area contributed by atoms with Crippen LogP contribution in [0.5, 0.6) is 0 Å². The topological polar surface area (TPSA) is 79.9 Å². The molecule has 6 heteroatoms. The molecule has 1 heterocycles. The number of rotatable bonds is 7. The Bertz CT molecular complexity index is 349. The summed E-state index contributed by atoms with van der Waals surface area (Å²) in [5.41, 5.74) is 0. The summed E-state index contributed by atoms with van der Waals surface area (Å²) in [6.07, 6.45) is 0.793. The molecule has 1 amide bonds. The van der Waals surface area contributed by atoms with E-state index in [0.29, 0.717) is 19.8 Å². The zero-order valence-electron chi connectivity index (χ0n) is 10.6. The molecule has 0 aliphatic carbocycles. The van der Waals surface area contributed by atoms with Crippen molar-refractivity contribution in [2.24, 2.45) is 0 Å². The fraction of sp³-hybridized carbons (Fsp3) is 0.727.